The third-order valence-electron chi connectivity index (χ3n) is 2.41. The normalized spacial score (nSPS) is 8.88. The molecule has 0 atom stereocenters. The Morgan fingerprint density at radius 1 is 0.938 bits per heavy atom. The van der Waals surface area contributed by atoms with Gasteiger partial charge in [0, 0.05) is 0 Å². The Bertz CT molecular complexity index is 316. The van der Waals surface area contributed by atoms with Gasteiger partial charge >= 0.3 is 19.5 Å². The maximum atomic E-state index is 2.20. The second kappa shape index (κ2) is 9.54. The summed E-state index contributed by atoms with van der Waals surface area (Å²) in [6, 6.07) is 16.9. The van der Waals surface area contributed by atoms with Crippen LogP contribution in [-0.4, -0.2) is 0 Å². The minimum absolute atomic E-state index is 0. The molecule has 0 unspecified atom stereocenters. The molecule has 16 heavy (non-hydrogen) atoms. The molecular weight excluding hydrogens is 281 g/mol. The van der Waals surface area contributed by atoms with Crippen molar-refractivity contribution in [2.24, 2.45) is 0 Å². The summed E-state index contributed by atoms with van der Waals surface area (Å²) >= 11 is 0. The first kappa shape index (κ1) is 15.3. The van der Waals surface area contributed by atoms with Gasteiger partial charge in [-0.15, -0.1) is 0 Å². The van der Waals surface area contributed by atoms with E-state index < -0.39 is 0 Å². The fourth-order valence-corrected chi connectivity index (χ4v) is 1.52. The van der Waals surface area contributed by atoms with Gasteiger partial charge in [-0.25, -0.2) is 24.3 Å². The number of rotatable bonds is 3. The van der Waals surface area contributed by atoms with Gasteiger partial charge in [0.15, 0.2) is 0 Å². The smallest absolute Gasteiger partial charge is 0.213 e. The first-order valence-electron chi connectivity index (χ1n) is 5.78. The van der Waals surface area contributed by atoms with E-state index in [2.05, 4.69) is 62.4 Å². The monoisotopic (exact) mass is 302 g/mol. The zero-order valence-electron chi connectivity index (χ0n) is 10.1. The van der Waals surface area contributed by atoms with Gasteiger partial charge < -0.3 is 0 Å². The quantitative estimate of drug-likeness (QED) is 0.585. The van der Waals surface area contributed by atoms with E-state index in [0.29, 0.717) is 0 Å². The summed E-state index contributed by atoms with van der Waals surface area (Å²) in [5.41, 5.74) is 2.90. The fraction of sp³-hybridized carbons (Fsp3) is 0.333. The zero-order chi connectivity index (χ0) is 10.9. The van der Waals surface area contributed by atoms with Crippen molar-refractivity contribution >= 4 is 0 Å². The molecule has 0 spiro atoms. The van der Waals surface area contributed by atoms with Crippen molar-refractivity contribution in [1.82, 2.24) is 0 Å². The molecule has 0 aromatic heterocycles. The summed E-state index contributed by atoms with van der Waals surface area (Å²) in [7, 11) is 0. The van der Waals surface area contributed by atoms with Gasteiger partial charge in [0.2, 0.25) is 0 Å². The topological polar surface area (TPSA) is 0 Å². The van der Waals surface area contributed by atoms with Crippen molar-refractivity contribution in [2.75, 3.05) is 0 Å². The predicted octanol–water partition coefficient (Wildman–Crippen LogP) is 4.32. The number of hydrogen-bond acceptors (Lipinski definition) is 0. The van der Waals surface area contributed by atoms with E-state index in [9.17, 15) is 0 Å². The van der Waals surface area contributed by atoms with Crippen molar-refractivity contribution in [3.05, 3.63) is 59.7 Å². The van der Waals surface area contributed by atoms with E-state index in [1.807, 2.05) is 0 Å². The second-order valence-electron chi connectivity index (χ2n) is 3.69. The van der Waals surface area contributed by atoms with Crippen LogP contribution < -0.4 is 0 Å². The largest absolute Gasteiger partial charge is 2.00 e. The maximum absolute atomic E-state index is 2.20. The minimum atomic E-state index is 0. The van der Waals surface area contributed by atoms with Crippen molar-refractivity contribution < 1.29 is 19.5 Å². The molecule has 0 aliphatic carbocycles. The van der Waals surface area contributed by atoms with Crippen LogP contribution in [0.2, 0.25) is 0 Å². The van der Waals surface area contributed by atoms with Gasteiger partial charge in [-0.3, -0.25) is 0 Å². The fourth-order valence-electron chi connectivity index (χ4n) is 1.52. The molecular formula is C15H20Ru. The Hall–Kier alpha value is -0.677. The van der Waals surface area contributed by atoms with Crippen LogP contribution in [0.5, 0.6) is 0 Å². The van der Waals surface area contributed by atoms with Gasteiger partial charge in [-0.2, -0.15) is 35.4 Å². The van der Waals surface area contributed by atoms with E-state index in [-0.39, 0.29) is 19.5 Å². The van der Waals surface area contributed by atoms with Crippen LogP contribution in [0.15, 0.2) is 48.5 Å². The Morgan fingerprint density at radius 2 is 1.50 bits per heavy atom. The van der Waals surface area contributed by atoms with E-state index in [1.165, 1.54) is 24.0 Å². The molecule has 0 saturated carbocycles. The Balaban J connectivity index is 0.000000267. The van der Waals surface area contributed by atoms with Crippen molar-refractivity contribution in [3.63, 3.8) is 0 Å². The van der Waals surface area contributed by atoms with Gasteiger partial charge in [0.05, 0.1) is 0 Å². The van der Waals surface area contributed by atoms with E-state index in [0.717, 1.165) is 6.42 Å². The van der Waals surface area contributed by atoms with E-state index in [1.54, 1.807) is 0 Å². The molecule has 0 N–H and O–H groups in total. The molecule has 0 fully saturated rings. The van der Waals surface area contributed by atoms with Crippen molar-refractivity contribution in [1.29, 1.82) is 0 Å². The SMILES string of the molecule is CCCc1ccc[cH-]1.CCc1ccc[cH-]1.[Ru+2]. The summed E-state index contributed by atoms with van der Waals surface area (Å²) in [5.74, 6) is 0. The molecule has 0 radical (unpaired) electrons. The molecule has 88 valence electrons. The van der Waals surface area contributed by atoms with E-state index in [4.69, 9.17) is 0 Å². The molecule has 0 nitrogen and oxygen atoms in total. The summed E-state index contributed by atoms with van der Waals surface area (Å²) in [6.45, 7) is 4.36. The Morgan fingerprint density at radius 3 is 1.81 bits per heavy atom. The summed E-state index contributed by atoms with van der Waals surface area (Å²) in [6.07, 6.45) is 3.64. The molecule has 0 bridgehead atoms. The number of hydrogen-bond donors (Lipinski definition) is 0. The van der Waals surface area contributed by atoms with Crippen LogP contribution in [0, 0.1) is 0 Å². The maximum Gasteiger partial charge on any atom is 2.00 e. The van der Waals surface area contributed by atoms with Gasteiger partial charge in [-0.1, -0.05) is 33.1 Å². The molecule has 0 amide bonds. The van der Waals surface area contributed by atoms with Gasteiger partial charge in [0.25, 0.3) is 0 Å². The standard InChI is InChI=1S/C8H11.C7H9.Ru/c1-2-5-8-6-3-4-7-8;1-2-7-5-3-4-6-7;/h3-4,6-7H,2,5H2,1H3;3-6H,2H2,1H3;/q2*-1;+2. The van der Waals surface area contributed by atoms with Crippen LogP contribution in [0.4, 0.5) is 0 Å². The third kappa shape index (κ3) is 6.03. The van der Waals surface area contributed by atoms with Crippen molar-refractivity contribution in [2.45, 2.75) is 33.1 Å². The average Bonchev–Trinajstić information content (AvgIpc) is 2.91. The zero-order valence-corrected chi connectivity index (χ0v) is 11.8. The molecule has 0 heterocycles. The Kier molecular flexibility index (Phi) is 9.14. The predicted molar refractivity (Wildman–Crippen MR) is 67.4 cm³/mol. The first-order chi connectivity index (χ1) is 7.36. The second-order valence-corrected chi connectivity index (χ2v) is 3.69. The molecule has 2 rings (SSSR count). The van der Waals surface area contributed by atoms with Crippen molar-refractivity contribution in [3.8, 4) is 0 Å². The summed E-state index contributed by atoms with van der Waals surface area (Å²) in [5, 5.41) is 0. The molecule has 0 aliphatic heterocycles. The molecule has 2 aromatic carbocycles. The van der Waals surface area contributed by atoms with Crippen LogP contribution >= 0.6 is 0 Å². The van der Waals surface area contributed by atoms with Crippen LogP contribution in [0.3, 0.4) is 0 Å². The van der Waals surface area contributed by atoms with Gasteiger partial charge in [-0.05, 0) is 0 Å². The van der Waals surface area contributed by atoms with Crippen LogP contribution in [-0.2, 0) is 32.3 Å². The molecule has 0 aliphatic rings. The minimum Gasteiger partial charge on any atom is -0.213 e. The summed E-state index contributed by atoms with van der Waals surface area (Å²) in [4.78, 5) is 0. The van der Waals surface area contributed by atoms with Crippen LogP contribution in [0.25, 0.3) is 0 Å². The molecule has 1 heteroatoms. The number of aryl methyl sites for hydroxylation is 2. The Labute approximate surface area is 112 Å². The third-order valence-corrected chi connectivity index (χ3v) is 2.41. The average molecular weight is 301 g/mol. The molecule has 2 aromatic rings. The summed E-state index contributed by atoms with van der Waals surface area (Å²) < 4.78 is 0. The van der Waals surface area contributed by atoms with Crippen LogP contribution in [0.1, 0.15) is 31.4 Å². The van der Waals surface area contributed by atoms with Gasteiger partial charge in [0.1, 0.15) is 0 Å². The first-order valence-corrected chi connectivity index (χ1v) is 5.78. The molecule has 0 saturated heterocycles. The van der Waals surface area contributed by atoms with E-state index >= 15 is 0 Å².